The van der Waals surface area contributed by atoms with Crippen molar-refractivity contribution < 1.29 is 9.59 Å². The Hall–Kier alpha value is -2.74. The molecule has 3 rings (SSSR count). The number of carbonyl (C=O) groups excluding carboxylic acids is 2. The maximum atomic E-state index is 12.6. The van der Waals surface area contributed by atoms with Gasteiger partial charge in [-0.3, -0.25) is 19.1 Å². The van der Waals surface area contributed by atoms with Crippen LogP contribution in [0.15, 0.2) is 37.1 Å². The Labute approximate surface area is 152 Å². The molecule has 0 radical (unpaired) electrons. The molecule has 1 fully saturated rings. The maximum absolute atomic E-state index is 12.6. The van der Waals surface area contributed by atoms with Crippen molar-refractivity contribution in [2.45, 2.75) is 19.9 Å². The molecule has 0 unspecified atom stereocenters. The number of pyridine rings is 1. The molecule has 1 aliphatic rings. The third-order valence-electron chi connectivity index (χ3n) is 4.24. The molecule has 26 heavy (non-hydrogen) atoms. The number of imidazole rings is 1. The lowest BCUT2D eigenvalue weighted by Crippen LogP contribution is -2.51. The number of amides is 2. The SMILES string of the molecule is CC(C)NC(=O)CN1CCN(C(=O)c2ccc(-n3ccnc3)nc2)CC1. The molecule has 0 aliphatic carbocycles. The Morgan fingerprint density at radius 3 is 2.54 bits per heavy atom. The summed E-state index contributed by atoms with van der Waals surface area (Å²) in [6.07, 6.45) is 6.75. The highest BCUT2D eigenvalue weighted by Crippen LogP contribution is 2.10. The lowest BCUT2D eigenvalue weighted by Gasteiger charge is -2.34. The molecular formula is C18H24N6O2. The highest BCUT2D eigenvalue weighted by atomic mass is 16.2. The van der Waals surface area contributed by atoms with Gasteiger partial charge in [0.25, 0.3) is 5.91 Å². The highest BCUT2D eigenvalue weighted by molar-refractivity contribution is 5.94. The Kier molecular flexibility index (Phi) is 5.62. The molecule has 0 spiro atoms. The second-order valence-corrected chi connectivity index (χ2v) is 6.67. The first-order valence-electron chi connectivity index (χ1n) is 8.78. The minimum Gasteiger partial charge on any atom is -0.353 e. The molecule has 1 saturated heterocycles. The lowest BCUT2D eigenvalue weighted by molar-refractivity contribution is -0.123. The molecule has 2 aromatic heterocycles. The van der Waals surface area contributed by atoms with E-state index >= 15 is 0 Å². The van der Waals surface area contributed by atoms with Crippen LogP contribution in [0.2, 0.25) is 0 Å². The molecule has 0 aromatic carbocycles. The summed E-state index contributed by atoms with van der Waals surface area (Å²) >= 11 is 0. The Morgan fingerprint density at radius 1 is 1.19 bits per heavy atom. The van der Waals surface area contributed by atoms with Gasteiger partial charge < -0.3 is 10.2 Å². The Balaban J connectivity index is 1.53. The van der Waals surface area contributed by atoms with Gasteiger partial charge in [0.1, 0.15) is 12.1 Å². The fraction of sp³-hybridized carbons (Fsp3) is 0.444. The van der Waals surface area contributed by atoms with Gasteiger partial charge >= 0.3 is 0 Å². The summed E-state index contributed by atoms with van der Waals surface area (Å²) in [6.45, 7) is 6.87. The Morgan fingerprint density at radius 2 is 1.96 bits per heavy atom. The van der Waals surface area contributed by atoms with Crippen LogP contribution in [-0.4, -0.2) is 74.9 Å². The maximum Gasteiger partial charge on any atom is 0.255 e. The minimum atomic E-state index is -0.0269. The van der Waals surface area contributed by atoms with Crippen LogP contribution in [0.4, 0.5) is 0 Å². The van der Waals surface area contributed by atoms with Crippen LogP contribution < -0.4 is 5.32 Å². The van der Waals surface area contributed by atoms with E-state index in [-0.39, 0.29) is 17.9 Å². The van der Waals surface area contributed by atoms with Crippen molar-refractivity contribution in [3.8, 4) is 5.82 Å². The van der Waals surface area contributed by atoms with Crippen LogP contribution in [0.3, 0.4) is 0 Å². The standard InChI is InChI=1S/C18H24N6O2/c1-14(2)21-17(25)12-22-7-9-23(10-8-22)18(26)15-3-4-16(20-11-15)24-6-5-19-13-24/h3-6,11,13-14H,7-10,12H2,1-2H3,(H,21,25). The molecule has 2 aromatic rings. The number of nitrogens with zero attached hydrogens (tertiary/aromatic N) is 5. The number of nitrogens with one attached hydrogen (secondary N) is 1. The first kappa shape index (κ1) is 18.1. The van der Waals surface area contributed by atoms with Gasteiger partial charge in [0, 0.05) is 50.8 Å². The van der Waals surface area contributed by atoms with Crippen LogP contribution in [0.1, 0.15) is 24.2 Å². The van der Waals surface area contributed by atoms with Crippen molar-refractivity contribution in [2.24, 2.45) is 0 Å². The lowest BCUT2D eigenvalue weighted by atomic mass is 10.2. The van der Waals surface area contributed by atoms with E-state index < -0.39 is 0 Å². The van der Waals surface area contributed by atoms with Crippen LogP contribution in [0, 0.1) is 0 Å². The smallest absolute Gasteiger partial charge is 0.255 e. The van der Waals surface area contributed by atoms with Gasteiger partial charge in [-0.15, -0.1) is 0 Å². The van der Waals surface area contributed by atoms with Crippen LogP contribution in [-0.2, 0) is 4.79 Å². The summed E-state index contributed by atoms with van der Waals surface area (Å²) < 4.78 is 1.79. The number of rotatable bonds is 5. The number of carbonyl (C=O) groups is 2. The van der Waals surface area contributed by atoms with Crippen LogP contribution in [0.25, 0.3) is 5.82 Å². The van der Waals surface area contributed by atoms with E-state index in [9.17, 15) is 9.59 Å². The zero-order chi connectivity index (χ0) is 18.5. The topological polar surface area (TPSA) is 83.4 Å². The second kappa shape index (κ2) is 8.09. The van der Waals surface area contributed by atoms with Crippen molar-refractivity contribution >= 4 is 11.8 Å². The summed E-state index contributed by atoms with van der Waals surface area (Å²) in [6, 6.07) is 3.73. The predicted octanol–water partition coefficient (Wildman–Crippen LogP) is 0.550. The molecule has 1 N–H and O–H groups in total. The first-order chi connectivity index (χ1) is 12.5. The Bertz CT molecular complexity index is 734. The summed E-state index contributed by atoms with van der Waals surface area (Å²) in [5.41, 5.74) is 0.569. The first-order valence-corrected chi connectivity index (χ1v) is 8.78. The summed E-state index contributed by atoms with van der Waals surface area (Å²) in [5, 5.41) is 2.89. The monoisotopic (exact) mass is 356 g/mol. The van der Waals surface area contributed by atoms with E-state index in [0.717, 1.165) is 5.82 Å². The number of hydrogen-bond acceptors (Lipinski definition) is 5. The molecule has 0 saturated carbocycles. The average Bonchev–Trinajstić information content (AvgIpc) is 3.16. The molecule has 138 valence electrons. The zero-order valence-electron chi connectivity index (χ0n) is 15.1. The molecule has 2 amide bonds. The fourth-order valence-electron chi connectivity index (χ4n) is 2.92. The van der Waals surface area contributed by atoms with Gasteiger partial charge in [0.15, 0.2) is 0 Å². The molecule has 0 atom stereocenters. The fourth-order valence-corrected chi connectivity index (χ4v) is 2.92. The molecular weight excluding hydrogens is 332 g/mol. The summed E-state index contributed by atoms with van der Waals surface area (Å²) in [7, 11) is 0. The van der Waals surface area contributed by atoms with E-state index in [0.29, 0.717) is 38.3 Å². The van der Waals surface area contributed by atoms with Gasteiger partial charge in [0.05, 0.1) is 12.1 Å². The quantitative estimate of drug-likeness (QED) is 0.846. The number of aromatic nitrogens is 3. The second-order valence-electron chi connectivity index (χ2n) is 6.67. The van der Waals surface area contributed by atoms with E-state index in [1.165, 1.54) is 0 Å². The third kappa shape index (κ3) is 4.45. The van der Waals surface area contributed by atoms with E-state index in [1.54, 1.807) is 41.6 Å². The van der Waals surface area contributed by atoms with Gasteiger partial charge in [-0.2, -0.15) is 0 Å². The molecule has 3 heterocycles. The highest BCUT2D eigenvalue weighted by Gasteiger charge is 2.23. The van der Waals surface area contributed by atoms with Crippen molar-refractivity contribution in [3.05, 3.63) is 42.6 Å². The van der Waals surface area contributed by atoms with E-state index in [4.69, 9.17) is 0 Å². The molecule has 8 heteroatoms. The normalized spacial score (nSPS) is 15.3. The van der Waals surface area contributed by atoms with Crippen LogP contribution in [0.5, 0.6) is 0 Å². The van der Waals surface area contributed by atoms with Gasteiger partial charge in [-0.1, -0.05) is 0 Å². The summed E-state index contributed by atoms with van der Waals surface area (Å²) in [4.78, 5) is 36.7. The molecule has 1 aliphatic heterocycles. The van der Waals surface area contributed by atoms with Gasteiger partial charge in [0.2, 0.25) is 5.91 Å². The number of piperazine rings is 1. The summed E-state index contributed by atoms with van der Waals surface area (Å²) in [5.74, 6) is 0.722. The predicted molar refractivity (Wildman–Crippen MR) is 97.0 cm³/mol. The van der Waals surface area contributed by atoms with Crippen molar-refractivity contribution in [1.29, 1.82) is 0 Å². The minimum absolute atomic E-state index is 0.0269. The van der Waals surface area contributed by atoms with E-state index in [1.807, 2.05) is 18.7 Å². The van der Waals surface area contributed by atoms with Crippen molar-refractivity contribution in [1.82, 2.24) is 29.7 Å². The van der Waals surface area contributed by atoms with E-state index in [2.05, 4.69) is 20.2 Å². The number of hydrogen-bond donors (Lipinski definition) is 1. The van der Waals surface area contributed by atoms with Crippen molar-refractivity contribution in [2.75, 3.05) is 32.7 Å². The zero-order valence-corrected chi connectivity index (χ0v) is 15.1. The third-order valence-corrected chi connectivity index (χ3v) is 4.24. The largest absolute Gasteiger partial charge is 0.353 e. The van der Waals surface area contributed by atoms with Gasteiger partial charge in [-0.25, -0.2) is 9.97 Å². The van der Waals surface area contributed by atoms with Crippen LogP contribution >= 0.6 is 0 Å². The van der Waals surface area contributed by atoms with Crippen molar-refractivity contribution in [3.63, 3.8) is 0 Å². The van der Waals surface area contributed by atoms with Gasteiger partial charge in [-0.05, 0) is 26.0 Å². The molecule has 8 nitrogen and oxygen atoms in total. The average molecular weight is 356 g/mol. The molecule has 0 bridgehead atoms.